The molecule has 0 aliphatic heterocycles. The van der Waals surface area contributed by atoms with Gasteiger partial charge in [0.2, 0.25) is 0 Å². The quantitative estimate of drug-likeness (QED) is 0.103. The van der Waals surface area contributed by atoms with E-state index in [2.05, 4.69) is 0 Å². The molecule has 0 aromatic carbocycles. The lowest BCUT2D eigenvalue weighted by Crippen LogP contribution is -2.74. The summed E-state index contributed by atoms with van der Waals surface area (Å²) in [5.74, 6) is -57.0. The summed E-state index contributed by atoms with van der Waals surface area (Å²) in [5.41, 5.74) is 0. The molecule has 0 saturated heterocycles. The predicted molar refractivity (Wildman–Crippen MR) is 99.4 cm³/mol. The topological polar surface area (TPSA) is 0 Å². The lowest BCUT2D eigenvalue weighted by Gasteiger charge is -2.42. The molecule has 19 heteroatoms. The molecule has 0 amide bonds. The third-order valence-corrected chi connectivity index (χ3v) is 6.27. The highest BCUT2D eigenvalue weighted by molar-refractivity contribution is 7.99. The van der Waals surface area contributed by atoms with E-state index in [-0.39, 0.29) is 12.3 Å². The summed E-state index contributed by atoms with van der Waals surface area (Å²) >= 11 is 0.437. The van der Waals surface area contributed by atoms with Crippen molar-refractivity contribution in [3.8, 4) is 0 Å². The Morgan fingerprint density at radius 2 is 0.892 bits per heavy atom. The monoisotopic (exact) mass is 608 g/mol. The molecule has 0 aliphatic carbocycles. The van der Waals surface area contributed by atoms with E-state index in [1.807, 2.05) is 6.92 Å². The maximum atomic E-state index is 13.8. The van der Waals surface area contributed by atoms with Crippen molar-refractivity contribution in [3.63, 3.8) is 0 Å². The van der Waals surface area contributed by atoms with Crippen LogP contribution >= 0.6 is 11.8 Å². The van der Waals surface area contributed by atoms with E-state index in [1.165, 1.54) is 0 Å². The van der Waals surface area contributed by atoms with Gasteiger partial charge < -0.3 is 4.48 Å². The minimum Gasteiger partial charge on any atom is -0.328 e. The molecule has 0 aliphatic rings. The van der Waals surface area contributed by atoms with E-state index >= 15 is 0 Å². The fourth-order valence-corrected chi connectivity index (χ4v) is 3.89. The first-order valence-electron chi connectivity index (χ1n) is 10.1. The van der Waals surface area contributed by atoms with Gasteiger partial charge in [0, 0.05) is 12.2 Å². The van der Waals surface area contributed by atoms with Crippen LogP contribution in [0, 0.1) is 0 Å². The molecule has 0 unspecified atom stereocenters. The van der Waals surface area contributed by atoms with Gasteiger partial charge in [0.1, 0.15) is 0 Å². The first-order chi connectivity index (χ1) is 16.0. The minimum absolute atomic E-state index is 0.0538. The van der Waals surface area contributed by atoms with Crippen LogP contribution in [0.3, 0.4) is 0 Å². The van der Waals surface area contributed by atoms with Crippen molar-refractivity contribution in [1.29, 1.82) is 0 Å². The Morgan fingerprint density at radius 1 is 0.514 bits per heavy atom. The second-order valence-electron chi connectivity index (χ2n) is 8.75. The van der Waals surface area contributed by atoms with Crippen molar-refractivity contribution in [2.24, 2.45) is 0 Å². The lowest BCUT2D eigenvalue weighted by atomic mass is 9.88. The number of hydrogen-bond donors (Lipinski definition) is 0. The van der Waals surface area contributed by atoms with Crippen molar-refractivity contribution in [2.45, 2.75) is 73.8 Å². The molecule has 0 radical (unpaired) electrons. The van der Waals surface area contributed by atoms with Gasteiger partial charge in [-0.05, 0) is 12.2 Å². The molecule has 0 saturated carbocycles. The first kappa shape index (κ1) is 36.1. The Kier molecular flexibility index (Phi) is 10.7. The largest absolute Gasteiger partial charge is 0.460 e. The molecule has 0 fully saturated rings. The predicted octanol–water partition coefficient (Wildman–Crippen LogP) is 8.00. The van der Waals surface area contributed by atoms with Crippen LogP contribution in [-0.2, 0) is 0 Å². The molecule has 0 heterocycles. The molecule has 0 bridgehead atoms. The second-order valence-corrected chi connectivity index (χ2v) is 9.97. The molecule has 1 nitrogen and oxygen atoms in total. The SMILES string of the molecule is CCCC[N+](C)(C)CCSCCC(F)(F)C(F)(F)C(F)(F)C(F)(F)C(F)(F)C(F)(F)C(F)(F)C(F)(F)F. The van der Waals surface area contributed by atoms with E-state index in [4.69, 9.17) is 0 Å². The minimum atomic E-state index is -8.58. The summed E-state index contributed by atoms with van der Waals surface area (Å²) in [6.45, 7) is 2.68. The molecule has 0 N–H and O–H groups in total. The van der Waals surface area contributed by atoms with Gasteiger partial charge in [0.25, 0.3) is 0 Å². The number of unbranched alkanes of at least 4 members (excludes halogenated alkanes) is 1. The summed E-state index contributed by atoms with van der Waals surface area (Å²) in [6, 6.07) is 0. The number of quaternary nitrogens is 1. The van der Waals surface area contributed by atoms with Crippen molar-refractivity contribution in [2.75, 3.05) is 38.7 Å². The maximum absolute atomic E-state index is 13.8. The van der Waals surface area contributed by atoms with Gasteiger partial charge in [-0.1, -0.05) is 13.3 Å². The van der Waals surface area contributed by atoms with Crippen LogP contribution in [-0.4, -0.2) is 90.8 Å². The van der Waals surface area contributed by atoms with Gasteiger partial charge in [0.05, 0.1) is 27.2 Å². The molecular formula is C18H23F17NS+. The number of thioether (sulfide) groups is 1. The summed E-state index contributed by atoms with van der Waals surface area (Å²) in [7, 11) is 3.39. The summed E-state index contributed by atoms with van der Waals surface area (Å²) in [4.78, 5) is 0. The first-order valence-corrected chi connectivity index (χ1v) is 11.3. The number of hydrogen-bond acceptors (Lipinski definition) is 1. The smallest absolute Gasteiger partial charge is 0.328 e. The summed E-state index contributed by atoms with van der Waals surface area (Å²) in [6.07, 6.45) is -8.62. The van der Waals surface area contributed by atoms with Crippen LogP contribution in [0.1, 0.15) is 26.2 Å². The second kappa shape index (κ2) is 10.9. The summed E-state index contributed by atoms with van der Waals surface area (Å²) < 4.78 is 225. The van der Waals surface area contributed by atoms with Crippen LogP contribution in [0.2, 0.25) is 0 Å². The Hall–Kier alpha value is -0.880. The van der Waals surface area contributed by atoms with Crippen LogP contribution in [0.25, 0.3) is 0 Å². The molecule has 224 valence electrons. The average molecular weight is 608 g/mol. The zero-order valence-corrected chi connectivity index (χ0v) is 20.0. The normalized spacial score (nSPS) is 15.9. The lowest BCUT2D eigenvalue weighted by molar-refractivity contribution is -0.888. The van der Waals surface area contributed by atoms with Crippen LogP contribution in [0.15, 0.2) is 0 Å². The van der Waals surface area contributed by atoms with Crippen LogP contribution < -0.4 is 0 Å². The van der Waals surface area contributed by atoms with Crippen molar-refractivity contribution >= 4 is 11.8 Å². The molecule has 0 aromatic heterocycles. The number of alkyl halides is 17. The number of halogens is 17. The molecule has 0 atom stereocenters. The third-order valence-electron chi connectivity index (χ3n) is 5.31. The Morgan fingerprint density at radius 3 is 1.27 bits per heavy atom. The van der Waals surface area contributed by atoms with Gasteiger partial charge in [0.15, 0.2) is 0 Å². The number of rotatable bonds is 15. The molecular weight excluding hydrogens is 585 g/mol. The zero-order valence-electron chi connectivity index (χ0n) is 19.2. The van der Waals surface area contributed by atoms with E-state index in [1.54, 1.807) is 14.1 Å². The average Bonchev–Trinajstić information content (AvgIpc) is 2.70. The van der Waals surface area contributed by atoms with Crippen molar-refractivity contribution in [3.05, 3.63) is 0 Å². The highest BCUT2D eigenvalue weighted by Gasteiger charge is 2.95. The fraction of sp³-hybridized carbons (Fsp3) is 1.00. The Bertz CT molecular complexity index is 745. The highest BCUT2D eigenvalue weighted by atomic mass is 32.2. The van der Waals surface area contributed by atoms with Gasteiger partial charge in [-0.3, -0.25) is 0 Å². The van der Waals surface area contributed by atoms with Crippen molar-refractivity contribution in [1.82, 2.24) is 0 Å². The van der Waals surface area contributed by atoms with Gasteiger partial charge in [-0.2, -0.15) is 86.4 Å². The maximum Gasteiger partial charge on any atom is 0.460 e. The van der Waals surface area contributed by atoms with Crippen molar-refractivity contribution < 1.29 is 79.1 Å². The standard InChI is InChI=1S/C18H23F17NS/c1-4-5-7-36(2,3)8-10-37-9-6-11(19,20)12(21,22)13(23,24)14(25,26)15(27,28)16(29,30)17(31,32)18(33,34)35/h4-10H2,1-3H3/q+1. The van der Waals surface area contributed by atoms with Gasteiger partial charge in [-0.25, -0.2) is 0 Å². The Balaban J connectivity index is 5.88. The molecule has 0 aromatic rings. The van der Waals surface area contributed by atoms with E-state index in [0.29, 0.717) is 22.8 Å². The van der Waals surface area contributed by atoms with E-state index in [0.717, 1.165) is 12.8 Å². The Labute approximate surface area is 204 Å². The molecule has 37 heavy (non-hydrogen) atoms. The van der Waals surface area contributed by atoms with Crippen LogP contribution in [0.4, 0.5) is 74.6 Å². The van der Waals surface area contributed by atoms with Crippen LogP contribution in [0.5, 0.6) is 0 Å². The molecule has 0 spiro atoms. The zero-order chi connectivity index (χ0) is 30.2. The number of nitrogens with zero attached hydrogens (tertiary/aromatic N) is 1. The van der Waals surface area contributed by atoms with E-state index in [9.17, 15) is 74.6 Å². The highest BCUT2D eigenvalue weighted by Crippen LogP contribution is 2.64. The van der Waals surface area contributed by atoms with E-state index < -0.39 is 59.8 Å². The fourth-order valence-electron chi connectivity index (χ4n) is 2.67. The van der Waals surface area contributed by atoms with Gasteiger partial charge in [-0.15, -0.1) is 0 Å². The third kappa shape index (κ3) is 6.48. The van der Waals surface area contributed by atoms with Gasteiger partial charge >= 0.3 is 47.6 Å². The molecule has 0 rings (SSSR count). The summed E-state index contributed by atoms with van der Waals surface area (Å²) in [5, 5.41) is 0.